The van der Waals surface area contributed by atoms with Gasteiger partial charge in [-0.05, 0) is 31.2 Å². The van der Waals surface area contributed by atoms with E-state index in [1.165, 1.54) is 11.8 Å². The first kappa shape index (κ1) is 19.3. The smallest absolute Gasteiger partial charge is 0.234 e. The Kier molecular flexibility index (Phi) is 6.73. The molecule has 27 heavy (non-hydrogen) atoms. The van der Waals surface area contributed by atoms with Crippen LogP contribution in [-0.2, 0) is 17.9 Å². The molecule has 6 nitrogen and oxygen atoms in total. The van der Waals surface area contributed by atoms with Crippen molar-refractivity contribution in [3.05, 3.63) is 65.4 Å². The fourth-order valence-electron chi connectivity index (χ4n) is 2.50. The maximum Gasteiger partial charge on any atom is 0.234 e. The van der Waals surface area contributed by atoms with E-state index >= 15 is 0 Å². The second-order valence-electron chi connectivity index (χ2n) is 5.68. The number of anilines is 2. The predicted molar refractivity (Wildman–Crippen MR) is 110 cm³/mol. The zero-order chi connectivity index (χ0) is 19.1. The summed E-state index contributed by atoms with van der Waals surface area (Å²) in [5.41, 5.74) is 1.63. The van der Waals surface area contributed by atoms with E-state index in [2.05, 4.69) is 20.8 Å². The first-order valence-electron chi connectivity index (χ1n) is 8.55. The quantitative estimate of drug-likeness (QED) is 0.551. The van der Waals surface area contributed by atoms with Crippen molar-refractivity contribution in [2.24, 2.45) is 0 Å². The molecule has 1 heterocycles. The van der Waals surface area contributed by atoms with E-state index in [0.29, 0.717) is 11.6 Å². The van der Waals surface area contributed by atoms with Gasteiger partial charge in [0.25, 0.3) is 0 Å². The number of nitrogens with zero attached hydrogens (tertiary/aromatic N) is 3. The minimum Gasteiger partial charge on any atom is -0.377 e. The lowest BCUT2D eigenvalue weighted by atomic mass is 10.3. The number of carbonyl (C=O) groups excluding carboxylic acids is 1. The van der Waals surface area contributed by atoms with Crippen LogP contribution in [0, 0.1) is 0 Å². The van der Waals surface area contributed by atoms with Crippen molar-refractivity contribution in [3.63, 3.8) is 0 Å². The Bertz CT molecular complexity index is 900. The molecule has 0 aliphatic heterocycles. The van der Waals surface area contributed by atoms with Crippen LogP contribution in [0.2, 0.25) is 5.02 Å². The Morgan fingerprint density at radius 1 is 1.11 bits per heavy atom. The second-order valence-corrected chi connectivity index (χ2v) is 7.03. The monoisotopic (exact) mass is 401 g/mol. The second kappa shape index (κ2) is 9.43. The molecule has 0 bridgehead atoms. The number of amides is 1. The molecule has 0 saturated heterocycles. The molecule has 0 unspecified atom stereocenters. The van der Waals surface area contributed by atoms with E-state index in [-0.39, 0.29) is 11.7 Å². The first-order chi connectivity index (χ1) is 13.2. The van der Waals surface area contributed by atoms with Crippen molar-refractivity contribution in [1.82, 2.24) is 14.8 Å². The number of aromatic nitrogens is 3. The van der Waals surface area contributed by atoms with Crippen molar-refractivity contribution in [2.45, 2.75) is 25.2 Å². The summed E-state index contributed by atoms with van der Waals surface area (Å²) >= 11 is 7.53. The molecule has 1 amide bonds. The summed E-state index contributed by atoms with van der Waals surface area (Å²) in [5.74, 6) is 0.987. The van der Waals surface area contributed by atoms with E-state index in [9.17, 15) is 4.79 Å². The molecule has 0 fully saturated rings. The van der Waals surface area contributed by atoms with Gasteiger partial charge in [-0.2, -0.15) is 0 Å². The van der Waals surface area contributed by atoms with Crippen molar-refractivity contribution in [1.29, 1.82) is 0 Å². The molecule has 3 rings (SSSR count). The Labute approximate surface area is 167 Å². The third-order valence-electron chi connectivity index (χ3n) is 3.81. The maximum absolute atomic E-state index is 12.1. The van der Waals surface area contributed by atoms with Gasteiger partial charge < -0.3 is 15.2 Å². The van der Waals surface area contributed by atoms with E-state index in [0.717, 1.165) is 28.9 Å². The van der Waals surface area contributed by atoms with Gasteiger partial charge in [-0.3, -0.25) is 4.79 Å². The molecule has 8 heteroatoms. The third kappa shape index (κ3) is 5.24. The van der Waals surface area contributed by atoms with Crippen LogP contribution in [0.4, 0.5) is 11.4 Å². The highest BCUT2D eigenvalue weighted by Gasteiger charge is 2.13. The van der Waals surface area contributed by atoms with Gasteiger partial charge in [0, 0.05) is 12.2 Å². The van der Waals surface area contributed by atoms with Gasteiger partial charge in [0.15, 0.2) is 11.0 Å². The number of benzene rings is 2. The van der Waals surface area contributed by atoms with E-state index in [1.807, 2.05) is 66.1 Å². The highest BCUT2D eigenvalue weighted by molar-refractivity contribution is 7.99. The van der Waals surface area contributed by atoms with Crippen molar-refractivity contribution < 1.29 is 4.79 Å². The van der Waals surface area contributed by atoms with Crippen molar-refractivity contribution >= 4 is 40.6 Å². The van der Waals surface area contributed by atoms with Gasteiger partial charge in [0.2, 0.25) is 5.91 Å². The van der Waals surface area contributed by atoms with Crippen LogP contribution in [0.15, 0.2) is 59.8 Å². The standard InChI is InChI=1S/C19H20ClN5OS/c1-2-25-17(12-21-16-11-7-6-10-15(16)20)23-24-19(25)27-13-18(26)22-14-8-4-3-5-9-14/h3-11,21H,2,12-13H2,1H3,(H,22,26). The highest BCUT2D eigenvalue weighted by Crippen LogP contribution is 2.22. The van der Waals surface area contributed by atoms with Crippen LogP contribution < -0.4 is 10.6 Å². The highest BCUT2D eigenvalue weighted by atomic mass is 35.5. The Hall–Kier alpha value is -2.51. The fraction of sp³-hybridized carbons (Fsp3) is 0.211. The van der Waals surface area contributed by atoms with Crippen molar-refractivity contribution in [2.75, 3.05) is 16.4 Å². The van der Waals surface area contributed by atoms with Crippen molar-refractivity contribution in [3.8, 4) is 0 Å². The van der Waals surface area contributed by atoms with Gasteiger partial charge in [0.1, 0.15) is 0 Å². The molecule has 0 atom stereocenters. The zero-order valence-electron chi connectivity index (χ0n) is 14.9. The third-order valence-corrected chi connectivity index (χ3v) is 5.11. The van der Waals surface area contributed by atoms with E-state index in [1.54, 1.807) is 0 Å². The largest absolute Gasteiger partial charge is 0.377 e. The summed E-state index contributed by atoms with van der Waals surface area (Å²) in [4.78, 5) is 12.1. The summed E-state index contributed by atoms with van der Waals surface area (Å²) in [6.45, 7) is 3.24. The summed E-state index contributed by atoms with van der Waals surface area (Å²) in [7, 11) is 0. The molecule has 2 N–H and O–H groups in total. The van der Waals surface area contributed by atoms with Crippen LogP contribution in [0.3, 0.4) is 0 Å². The lowest BCUT2D eigenvalue weighted by molar-refractivity contribution is -0.113. The molecule has 140 valence electrons. The normalized spacial score (nSPS) is 10.6. The average Bonchev–Trinajstić information content (AvgIpc) is 3.08. The molecule has 1 aromatic heterocycles. The van der Waals surface area contributed by atoms with Crippen LogP contribution in [0.5, 0.6) is 0 Å². The van der Waals surface area contributed by atoms with Gasteiger partial charge >= 0.3 is 0 Å². The molecule has 0 spiro atoms. The number of carbonyl (C=O) groups is 1. The molecule has 3 aromatic rings. The van der Waals surface area contributed by atoms with Gasteiger partial charge in [-0.25, -0.2) is 0 Å². The summed E-state index contributed by atoms with van der Waals surface area (Å²) in [5, 5.41) is 16.0. The predicted octanol–water partition coefficient (Wildman–Crippen LogP) is 4.29. The number of hydrogen-bond acceptors (Lipinski definition) is 5. The molecule has 0 aliphatic rings. The minimum absolute atomic E-state index is 0.0763. The summed E-state index contributed by atoms with van der Waals surface area (Å²) in [6, 6.07) is 16.9. The number of rotatable bonds is 8. The molecule has 0 saturated carbocycles. The Morgan fingerprint density at radius 2 is 1.85 bits per heavy atom. The van der Waals surface area contributed by atoms with Gasteiger partial charge in [-0.1, -0.05) is 53.7 Å². The van der Waals surface area contributed by atoms with E-state index < -0.39 is 0 Å². The van der Waals surface area contributed by atoms with Crippen LogP contribution in [0.1, 0.15) is 12.7 Å². The zero-order valence-corrected chi connectivity index (χ0v) is 16.4. The average molecular weight is 402 g/mol. The topological polar surface area (TPSA) is 71.8 Å². The number of halogens is 1. The first-order valence-corrected chi connectivity index (χ1v) is 9.92. The molecular formula is C19H20ClN5OS. The lowest BCUT2D eigenvalue weighted by Gasteiger charge is -2.10. The maximum atomic E-state index is 12.1. The Morgan fingerprint density at radius 3 is 2.59 bits per heavy atom. The summed E-state index contributed by atoms with van der Waals surface area (Å²) in [6.07, 6.45) is 0. The molecule has 0 aliphatic carbocycles. The molecule has 0 radical (unpaired) electrons. The summed E-state index contributed by atoms with van der Waals surface area (Å²) < 4.78 is 1.99. The molecule has 2 aromatic carbocycles. The molecular weight excluding hydrogens is 382 g/mol. The van der Waals surface area contributed by atoms with Crippen LogP contribution >= 0.6 is 23.4 Å². The van der Waals surface area contributed by atoms with Gasteiger partial charge in [0.05, 0.1) is 23.0 Å². The van der Waals surface area contributed by atoms with E-state index in [4.69, 9.17) is 11.6 Å². The number of hydrogen-bond donors (Lipinski definition) is 2. The number of thioether (sulfide) groups is 1. The Balaban J connectivity index is 1.58. The number of para-hydroxylation sites is 2. The minimum atomic E-state index is -0.0763. The fourth-order valence-corrected chi connectivity index (χ4v) is 3.53. The number of nitrogens with one attached hydrogen (secondary N) is 2. The SMILES string of the molecule is CCn1c(CNc2ccccc2Cl)nnc1SCC(=O)Nc1ccccc1. The lowest BCUT2D eigenvalue weighted by Crippen LogP contribution is -2.15. The van der Waals surface area contributed by atoms with Gasteiger partial charge in [-0.15, -0.1) is 10.2 Å². The van der Waals surface area contributed by atoms with Crippen LogP contribution in [-0.4, -0.2) is 26.4 Å². The van der Waals surface area contributed by atoms with Crippen LogP contribution in [0.25, 0.3) is 0 Å².